The van der Waals surface area contributed by atoms with Crippen molar-refractivity contribution in [3.63, 3.8) is 0 Å². The van der Waals surface area contributed by atoms with E-state index in [4.69, 9.17) is 0 Å². The third kappa shape index (κ3) is 3.20. The van der Waals surface area contributed by atoms with Gasteiger partial charge in [-0.2, -0.15) is 0 Å². The molecule has 0 unspecified atom stereocenters. The van der Waals surface area contributed by atoms with Crippen LogP contribution in [0, 0.1) is 11.3 Å². The van der Waals surface area contributed by atoms with E-state index in [0.717, 1.165) is 36.0 Å². The average Bonchev–Trinajstić information content (AvgIpc) is 2.86. The van der Waals surface area contributed by atoms with Crippen LogP contribution in [0.1, 0.15) is 51.9 Å². The van der Waals surface area contributed by atoms with Crippen LogP contribution in [0.3, 0.4) is 0 Å². The minimum atomic E-state index is -1.40. The van der Waals surface area contributed by atoms with E-state index in [1.807, 2.05) is 19.1 Å². The molecule has 0 amide bonds. The van der Waals surface area contributed by atoms with Crippen molar-refractivity contribution in [3.8, 4) is 0 Å². The molecular formula is C21H32O5. The Bertz CT molecular complexity index is 624. The molecule has 0 radical (unpaired) electrons. The third-order valence-corrected chi connectivity index (χ3v) is 7.06. The molecule has 0 aromatic carbocycles. The fourth-order valence-corrected chi connectivity index (χ4v) is 5.44. The predicted octanol–water partition coefficient (Wildman–Crippen LogP) is 1.60. The molecule has 3 aliphatic rings. The van der Waals surface area contributed by atoms with Gasteiger partial charge in [-0.1, -0.05) is 36.8 Å². The van der Waals surface area contributed by atoms with Crippen LogP contribution in [0.5, 0.6) is 0 Å². The minimum Gasteiger partial charge on any atom is -0.394 e. The lowest BCUT2D eigenvalue weighted by Gasteiger charge is -2.49. The van der Waals surface area contributed by atoms with Crippen LogP contribution >= 0.6 is 0 Å². The molecule has 3 aliphatic carbocycles. The monoisotopic (exact) mass is 364 g/mol. The maximum atomic E-state index is 11.1. The normalized spacial score (nSPS) is 45.2. The molecule has 0 aliphatic heterocycles. The Morgan fingerprint density at radius 1 is 1.19 bits per heavy atom. The van der Waals surface area contributed by atoms with Gasteiger partial charge in [-0.05, 0) is 56.4 Å². The summed E-state index contributed by atoms with van der Waals surface area (Å²) < 4.78 is 0. The van der Waals surface area contributed by atoms with Gasteiger partial charge < -0.3 is 25.5 Å². The third-order valence-electron chi connectivity index (χ3n) is 7.06. The summed E-state index contributed by atoms with van der Waals surface area (Å²) in [6.45, 7) is 5.51. The maximum Gasteiger partial charge on any atom is 0.106 e. The van der Waals surface area contributed by atoms with Crippen molar-refractivity contribution in [1.82, 2.24) is 0 Å². The molecule has 3 saturated carbocycles. The Morgan fingerprint density at radius 2 is 1.92 bits per heavy atom. The number of aliphatic hydroxyl groups excluding tert-OH is 4. The fraction of sp³-hybridized carbons (Fsp3) is 0.714. The molecule has 0 aromatic heterocycles. The summed E-state index contributed by atoms with van der Waals surface area (Å²) >= 11 is 0. The first-order chi connectivity index (χ1) is 12.2. The van der Waals surface area contributed by atoms with Gasteiger partial charge in [-0.3, -0.25) is 0 Å². The van der Waals surface area contributed by atoms with Gasteiger partial charge in [0.1, 0.15) is 6.10 Å². The van der Waals surface area contributed by atoms with E-state index in [0.29, 0.717) is 25.7 Å². The van der Waals surface area contributed by atoms with Crippen LogP contribution in [-0.4, -0.2) is 56.1 Å². The second-order valence-electron chi connectivity index (χ2n) is 8.63. The first kappa shape index (κ1) is 19.8. The zero-order chi connectivity index (χ0) is 19.1. The van der Waals surface area contributed by atoms with Gasteiger partial charge in [0, 0.05) is 5.41 Å². The Hall–Kier alpha value is -0.980. The van der Waals surface area contributed by atoms with Crippen molar-refractivity contribution in [2.45, 2.75) is 75.8 Å². The lowest BCUT2D eigenvalue weighted by atomic mass is 9.59. The highest BCUT2D eigenvalue weighted by Crippen LogP contribution is 2.60. The van der Waals surface area contributed by atoms with Crippen LogP contribution in [0.15, 0.2) is 35.5 Å². The summed E-state index contributed by atoms with van der Waals surface area (Å²) in [6.07, 6.45) is 6.10. The van der Waals surface area contributed by atoms with Gasteiger partial charge in [-0.25, -0.2) is 0 Å². The summed E-state index contributed by atoms with van der Waals surface area (Å²) in [7, 11) is 0. The van der Waals surface area contributed by atoms with Crippen molar-refractivity contribution in [2.24, 2.45) is 11.3 Å². The highest BCUT2D eigenvalue weighted by Gasteiger charge is 2.62. The van der Waals surface area contributed by atoms with Gasteiger partial charge in [0.2, 0.25) is 0 Å². The molecule has 3 rings (SSSR count). The summed E-state index contributed by atoms with van der Waals surface area (Å²) in [5.41, 5.74) is 1.07. The second kappa shape index (κ2) is 7.21. The molecule has 0 spiro atoms. The molecular weight excluding hydrogens is 332 g/mol. The van der Waals surface area contributed by atoms with Gasteiger partial charge in [-0.15, -0.1) is 0 Å². The Morgan fingerprint density at radius 3 is 2.62 bits per heavy atom. The molecule has 3 fully saturated rings. The summed E-state index contributed by atoms with van der Waals surface area (Å²) in [6, 6.07) is 0. The molecule has 0 heterocycles. The number of hydrogen-bond donors (Lipinski definition) is 5. The van der Waals surface area contributed by atoms with Crippen molar-refractivity contribution >= 4 is 0 Å². The highest BCUT2D eigenvalue weighted by molar-refractivity contribution is 5.37. The number of rotatable bonds is 3. The van der Waals surface area contributed by atoms with E-state index in [1.54, 1.807) is 0 Å². The van der Waals surface area contributed by atoms with Crippen LogP contribution in [0.4, 0.5) is 0 Å². The minimum absolute atomic E-state index is 0.0516. The lowest BCUT2D eigenvalue weighted by Crippen LogP contribution is -2.57. The van der Waals surface area contributed by atoms with Gasteiger partial charge in [0.05, 0.1) is 24.4 Å². The smallest absolute Gasteiger partial charge is 0.106 e. The van der Waals surface area contributed by atoms with Crippen LogP contribution in [-0.2, 0) is 0 Å². The molecule has 0 aromatic rings. The van der Waals surface area contributed by atoms with Crippen molar-refractivity contribution in [2.75, 3.05) is 6.61 Å². The molecule has 0 saturated heterocycles. The SMILES string of the molecule is C=C1CC[C@@H](O)C/C1=C/C=C1\C[C@H](O)C[C@@]2(C)[C@H]1CC[C@]2(O)[C@@H](O)CO. The van der Waals surface area contributed by atoms with Crippen LogP contribution in [0.2, 0.25) is 0 Å². The lowest BCUT2D eigenvalue weighted by molar-refractivity contribution is -0.170. The van der Waals surface area contributed by atoms with Crippen LogP contribution in [0.25, 0.3) is 0 Å². The highest BCUT2D eigenvalue weighted by atomic mass is 16.4. The first-order valence-corrected chi connectivity index (χ1v) is 9.66. The number of hydrogen-bond acceptors (Lipinski definition) is 5. The topological polar surface area (TPSA) is 101 Å². The Balaban J connectivity index is 1.91. The predicted molar refractivity (Wildman–Crippen MR) is 99.3 cm³/mol. The van der Waals surface area contributed by atoms with Crippen molar-refractivity contribution in [1.29, 1.82) is 0 Å². The van der Waals surface area contributed by atoms with E-state index in [2.05, 4.69) is 6.58 Å². The Labute approximate surface area is 155 Å². The summed E-state index contributed by atoms with van der Waals surface area (Å²) in [4.78, 5) is 0. The van der Waals surface area contributed by atoms with E-state index in [9.17, 15) is 25.5 Å². The number of aliphatic hydroxyl groups is 5. The zero-order valence-corrected chi connectivity index (χ0v) is 15.6. The standard InChI is InChI=1S/C21H32O5/c1-13-3-6-16(23)9-14(13)4-5-15-10-17(24)11-20(2)18(15)7-8-21(20,26)19(25)12-22/h4-5,16-19,22-26H,1,3,6-12H2,2H3/b14-4-,15-5+/t16-,17+,18+,19+,20+,21+/m1/s1. The van der Waals surface area contributed by atoms with E-state index in [1.165, 1.54) is 0 Å². The van der Waals surface area contributed by atoms with Crippen molar-refractivity contribution < 1.29 is 25.5 Å². The first-order valence-electron chi connectivity index (χ1n) is 9.66. The number of fused-ring (bicyclic) bond motifs is 1. The second-order valence-corrected chi connectivity index (χ2v) is 8.63. The van der Waals surface area contributed by atoms with E-state index in [-0.39, 0.29) is 12.0 Å². The number of allylic oxidation sites excluding steroid dienone is 3. The molecule has 6 atom stereocenters. The van der Waals surface area contributed by atoms with Gasteiger partial charge in [0.25, 0.3) is 0 Å². The summed E-state index contributed by atoms with van der Waals surface area (Å²) in [5.74, 6) is 0.0516. The maximum absolute atomic E-state index is 11.1. The van der Waals surface area contributed by atoms with E-state index < -0.39 is 29.8 Å². The molecule has 5 N–H and O–H groups in total. The van der Waals surface area contributed by atoms with Gasteiger partial charge >= 0.3 is 0 Å². The van der Waals surface area contributed by atoms with E-state index >= 15 is 0 Å². The molecule has 26 heavy (non-hydrogen) atoms. The molecule has 0 bridgehead atoms. The largest absolute Gasteiger partial charge is 0.394 e. The fourth-order valence-electron chi connectivity index (χ4n) is 5.44. The molecule has 5 heteroatoms. The van der Waals surface area contributed by atoms with Crippen molar-refractivity contribution in [3.05, 3.63) is 35.5 Å². The van der Waals surface area contributed by atoms with Gasteiger partial charge in [0.15, 0.2) is 0 Å². The average molecular weight is 364 g/mol. The molecule has 146 valence electrons. The molecule has 5 nitrogen and oxygen atoms in total. The quantitative estimate of drug-likeness (QED) is 0.524. The zero-order valence-electron chi connectivity index (χ0n) is 15.6. The summed E-state index contributed by atoms with van der Waals surface area (Å²) in [5, 5.41) is 51.1. The Kier molecular flexibility index (Phi) is 5.48. The van der Waals surface area contributed by atoms with Crippen LogP contribution < -0.4 is 0 Å².